The van der Waals surface area contributed by atoms with Gasteiger partial charge in [0.2, 0.25) is 0 Å². The van der Waals surface area contributed by atoms with E-state index >= 15 is 0 Å². The van der Waals surface area contributed by atoms with Gasteiger partial charge >= 0.3 is 6.03 Å². The molecule has 0 atom stereocenters. The molecule has 0 radical (unpaired) electrons. The number of carbonyl (C=O) groups is 2. The minimum atomic E-state index is -0.725. The average Bonchev–Trinajstić information content (AvgIpc) is 2.84. The highest BCUT2D eigenvalue weighted by Crippen LogP contribution is 2.32. The van der Waals surface area contributed by atoms with Gasteiger partial charge in [-0.15, -0.1) is 0 Å². The third-order valence-corrected chi connectivity index (χ3v) is 5.51. The van der Waals surface area contributed by atoms with Crippen LogP contribution in [0.5, 0.6) is 0 Å². The van der Waals surface area contributed by atoms with Crippen LogP contribution in [-0.4, -0.2) is 67.0 Å². The highest BCUT2D eigenvalue weighted by Gasteiger charge is 2.51. The molecular weight excluding hydrogens is 342 g/mol. The number of hydrogen-bond acceptors (Lipinski definition) is 4. The van der Waals surface area contributed by atoms with E-state index in [1.165, 1.54) is 0 Å². The molecule has 0 aromatic rings. The smallest absolute Gasteiger partial charge is 0.344 e. The van der Waals surface area contributed by atoms with Crippen molar-refractivity contribution in [2.45, 2.75) is 44.1 Å². The summed E-state index contributed by atoms with van der Waals surface area (Å²) in [6.07, 6.45) is 5.43. The maximum Gasteiger partial charge on any atom is 0.344 e. The molecule has 3 fully saturated rings. The molecule has 3 rings (SSSR count). The molecule has 0 aromatic heterocycles. The van der Waals surface area contributed by atoms with Crippen molar-refractivity contribution in [2.24, 2.45) is 0 Å². The molecule has 0 aromatic carbocycles. The molecule has 3 aliphatic rings. The molecule has 3 amide bonds. The Bertz CT molecular complexity index is 518. The Kier molecular flexibility index (Phi) is 6.08. The van der Waals surface area contributed by atoms with Crippen LogP contribution in [0.3, 0.4) is 0 Å². The Hall–Kier alpha value is -1.45. The number of carbonyl (C=O) groups excluding carboxylic acids is 2. The fraction of sp³-hybridized carbons (Fsp3) is 0.812. The number of quaternary nitrogens is 1. The Morgan fingerprint density at radius 3 is 2.68 bits per heavy atom. The topological polar surface area (TPSA) is 87.1 Å². The number of hydrazine groups is 1. The number of thiocarbonyl (C=S) groups is 1. The SMILES string of the molecule is O=C1NC2(CCCCC2)C(=O)N1NC(=S)NCCC[NH+]1CCOCC1. The number of hydrogen-bond donors (Lipinski definition) is 4. The third kappa shape index (κ3) is 4.39. The standard InChI is InChI=1S/C16H27N5O3S/c22-13-16(5-2-1-3-6-16)18-15(23)21(13)19-14(25)17-7-4-8-20-9-11-24-12-10-20/h1-12H2,(H,18,23)(H2,17,19,25)/p+1. The summed E-state index contributed by atoms with van der Waals surface area (Å²) in [6, 6.07) is -0.409. The Balaban J connectivity index is 1.40. The van der Waals surface area contributed by atoms with Crippen molar-refractivity contribution in [1.29, 1.82) is 0 Å². The van der Waals surface area contributed by atoms with Gasteiger partial charge < -0.3 is 20.3 Å². The van der Waals surface area contributed by atoms with Crippen molar-refractivity contribution in [3.63, 3.8) is 0 Å². The van der Waals surface area contributed by atoms with Gasteiger partial charge in [0.05, 0.1) is 19.8 Å². The summed E-state index contributed by atoms with van der Waals surface area (Å²) >= 11 is 5.23. The molecule has 9 heteroatoms. The zero-order valence-electron chi connectivity index (χ0n) is 14.6. The molecule has 2 aliphatic heterocycles. The lowest BCUT2D eigenvalue weighted by molar-refractivity contribution is -0.908. The first-order valence-electron chi connectivity index (χ1n) is 9.23. The van der Waals surface area contributed by atoms with Crippen molar-refractivity contribution in [2.75, 3.05) is 39.4 Å². The lowest BCUT2D eigenvalue weighted by atomic mass is 9.82. The zero-order valence-corrected chi connectivity index (χ0v) is 15.4. The second-order valence-electron chi connectivity index (χ2n) is 7.05. The molecule has 2 heterocycles. The summed E-state index contributed by atoms with van der Waals surface area (Å²) in [5.41, 5.74) is 2.03. The van der Waals surface area contributed by atoms with Crippen LogP contribution in [0.4, 0.5) is 4.79 Å². The van der Waals surface area contributed by atoms with Crippen molar-refractivity contribution >= 4 is 29.3 Å². The number of morpholine rings is 1. The van der Waals surface area contributed by atoms with Gasteiger partial charge in [0.15, 0.2) is 5.11 Å². The first-order valence-corrected chi connectivity index (χ1v) is 9.64. The molecule has 1 saturated carbocycles. The first-order chi connectivity index (χ1) is 12.1. The van der Waals surface area contributed by atoms with Crippen molar-refractivity contribution in [1.82, 2.24) is 21.1 Å². The number of nitrogens with zero attached hydrogens (tertiary/aromatic N) is 1. The number of amides is 3. The van der Waals surface area contributed by atoms with Crippen LogP contribution >= 0.6 is 12.2 Å². The molecule has 25 heavy (non-hydrogen) atoms. The maximum atomic E-state index is 12.6. The molecule has 8 nitrogen and oxygen atoms in total. The van der Waals surface area contributed by atoms with E-state index < -0.39 is 11.6 Å². The van der Waals surface area contributed by atoms with E-state index in [1.54, 1.807) is 4.90 Å². The van der Waals surface area contributed by atoms with Gasteiger partial charge in [-0.2, -0.15) is 5.01 Å². The van der Waals surface area contributed by atoms with Gasteiger partial charge in [-0.25, -0.2) is 4.79 Å². The van der Waals surface area contributed by atoms with Gasteiger partial charge in [-0.1, -0.05) is 19.3 Å². The lowest BCUT2D eigenvalue weighted by Crippen LogP contribution is -3.14. The van der Waals surface area contributed by atoms with Crippen LogP contribution in [-0.2, 0) is 9.53 Å². The van der Waals surface area contributed by atoms with Crippen LogP contribution in [0.1, 0.15) is 38.5 Å². The molecule has 4 N–H and O–H groups in total. The largest absolute Gasteiger partial charge is 0.370 e. The second-order valence-corrected chi connectivity index (χ2v) is 7.46. The maximum absolute atomic E-state index is 12.6. The summed E-state index contributed by atoms with van der Waals surface area (Å²) in [6.45, 7) is 5.53. The van der Waals surface area contributed by atoms with Crippen molar-refractivity contribution < 1.29 is 19.2 Å². The highest BCUT2D eigenvalue weighted by atomic mass is 32.1. The van der Waals surface area contributed by atoms with E-state index in [0.29, 0.717) is 24.5 Å². The number of ether oxygens (including phenoxy) is 1. The summed E-state index contributed by atoms with van der Waals surface area (Å²) in [5, 5.41) is 7.29. The summed E-state index contributed by atoms with van der Waals surface area (Å²) in [7, 11) is 0. The minimum absolute atomic E-state index is 0.209. The average molecular weight is 370 g/mol. The zero-order chi connectivity index (χ0) is 17.7. The van der Waals surface area contributed by atoms with Crippen LogP contribution in [0.25, 0.3) is 0 Å². The highest BCUT2D eigenvalue weighted by molar-refractivity contribution is 7.80. The van der Waals surface area contributed by atoms with E-state index in [-0.39, 0.29) is 5.91 Å². The molecule has 0 bridgehead atoms. The van der Waals surface area contributed by atoms with Crippen molar-refractivity contribution in [3.8, 4) is 0 Å². The summed E-state index contributed by atoms with van der Waals surface area (Å²) in [5.74, 6) is -0.209. The predicted molar refractivity (Wildman–Crippen MR) is 95.9 cm³/mol. The Morgan fingerprint density at radius 2 is 1.96 bits per heavy atom. The number of urea groups is 1. The van der Waals surface area contributed by atoms with Gasteiger partial charge in [0, 0.05) is 13.0 Å². The number of rotatable bonds is 5. The number of imide groups is 1. The van der Waals surface area contributed by atoms with E-state index in [1.807, 2.05) is 0 Å². The quantitative estimate of drug-likeness (QED) is 0.280. The van der Waals surface area contributed by atoms with Gasteiger partial charge in [0.25, 0.3) is 5.91 Å². The van der Waals surface area contributed by atoms with Gasteiger partial charge in [-0.3, -0.25) is 10.2 Å². The van der Waals surface area contributed by atoms with Crippen LogP contribution < -0.4 is 21.0 Å². The monoisotopic (exact) mass is 370 g/mol. The Morgan fingerprint density at radius 1 is 1.24 bits per heavy atom. The molecular formula is C16H28N5O3S+. The first kappa shape index (κ1) is 18.3. The predicted octanol–water partition coefficient (Wildman–Crippen LogP) is -1.07. The molecule has 0 unspecified atom stereocenters. The molecule has 140 valence electrons. The molecule has 1 aliphatic carbocycles. The van der Waals surface area contributed by atoms with Crippen LogP contribution in [0.15, 0.2) is 0 Å². The second kappa shape index (κ2) is 8.29. The van der Waals surface area contributed by atoms with Crippen LogP contribution in [0, 0.1) is 0 Å². The van der Waals surface area contributed by atoms with E-state index in [0.717, 1.165) is 63.5 Å². The Labute approximate surface area is 153 Å². The van der Waals surface area contributed by atoms with E-state index in [4.69, 9.17) is 17.0 Å². The fourth-order valence-electron chi connectivity index (χ4n) is 3.81. The van der Waals surface area contributed by atoms with Crippen LogP contribution in [0.2, 0.25) is 0 Å². The normalized spacial score (nSPS) is 23.6. The molecule has 2 saturated heterocycles. The fourth-order valence-corrected chi connectivity index (χ4v) is 4.00. The molecule has 1 spiro atoms. The summed E-state index contributed by atoms with van der Waals surface area (Å²) in [4.78, 5) is 26.3. The minimum Gasteiger partial charge on any atom is -0.370 e. The summed E-state index contributed by atoms with van der Waals surface area (Å²) < 4.78 is 5.34. The van der Waals surface area contributed by atoms with Crippen molar-refractivity contribution in [3.05, 3.63) is 0 Å². The number of nitrogens with one attached hydrogen (secondary N) is 4. The van der Waals surface area contributed by atoms with Gasteiger partial charge in [0.1, 0.15) is 18.6 Å². The van der Waals surface area contributed by atoms with Gasteiger partial charge in [-0.05, 0) is 25.1 Å². The van der Waals surface area contributed by atoms with E-state index in [2.05, 4.69) is 16.1 Å². The lowest BCUT2D eigenvalue weighted by Gasteiger charge is -2.30. The third-order valence-electron chi connectivity index (χ3n) is 5.27. The van der Waals surface area contributed by atoms with E-state index in [9.17, 15) is 9.59 Å².